The summed E-state index contributed by atoms with van der Waals surface area (Å²) in [7, 11) is -5.49. The molecule has 0 radical (unpaired) electrons. The molecule has 4 aromatic rings. The zero-order chi connectivity index (χ0) is 23.1. The summed E-state index contributed by atoms with van der Waals surface area (Å²) in [6, 6.07) is 9.16. The molecule has 0 spiro atoms. The Hall–Kier alpha value is -3.87. The fraction of sp³-hybridized carbons (Fsp3) is 0.105. The van der Waals surface area contributed by atoms with Gasteiger partial charge in [-0.05, 0) is 43.3 Å². The molecular formula is C19H14F3N5O4S. The number of nitrogens with one attached hydrogen (secondary N) is 3. The van der Waals surface area contributed by atoms with Gasteiger partial charge in [0.05, 0.1) is 10.4 Å². The van der Waals surface area contributed by atoms with Crippen molar-refractivity contribution in [3.05, 3.63) is 64.8 Å². The number of nitrogens with zero attached hydrogens (tertiary/aromatic N) is 2. The van der Waals surface area contributed by atoms with Gasteiger partial charge in [-0.3, -0.25) is 4.98 Å². The number of sulfone groups is 1. The van der Waals surface area contributed by atoms with Crippen LogP contribution in [0.15, 0.2) is 62.8 Å². The first-order valence-corrected chi connectivity index (χ1v) is 10.4. The van der Waals surface area contributed by atoms with Crippen LogP contribution in [0.2, 0.25) is 0 Å². The summed E-state index contributed by atoms with van der Waals surface area (Å²) in [6.07, 6.45) is 1.48. The topological polar surface area (TPSA) is 130 Å². The fourth-order valence-electron chi connectivity index (χ4n) is 2.80. The molecule has 32 heavy (non-hydrogen) atoms. The number of halogens is 3. The van der Waals surface area contributed by atoms with Gasteiger partial charge < -0.3 is 15.1 Å². The van der Waals surface area contributed by atoms with Crippen molar-refractivity contribution in [1.82, 2.24) is 15.0 Å². The molecule has 13 heteroatoms. The standard InChI is InChI=1S/C19H14F3N5O4S/c1-10-9-23-17(25-11-3-2-4-13(7-11)32(29,30)19(20,21)22)27-16(10)24-12-5-6-15-14(8-12)26-18(28)31-15/h2-9H,1H3,(H,26,28)(H2,23,24,25,27). The second-order valence-electron chi connectivity index (χ2n) is 6.68. The van der Waals surface area contributed by atoms with Gasteiger partial charge >= 0.3 is 11.3 Å². The summed E-state index contributed by atoms with van der Waals surface area (Å²) in [6.45, 7) is 1.74. The van der Waals surface area contributed by atoms with Crippen LogP contribution < -0.4 is 16.4 Å². The molecule has 0 aliphatic heterocycles. The SMILES string of the molecule is Cc1cnc(Nc2cccc(S(=O)(=O)C(F)(F)F)c2)nc1Nc1ccc2oc(=O)[nH]c2c1. The molecule has 0 unspecified atom stereocenters. The molecule has 0 amide bonds. The van der Waals surface area contributed by atoms with Gasteiger partial charge in [0, 0.05) is 23.1 Å². The minimum Gasteiger partial charge on any atom is -0.408 e. The van der Waals surface area contributed by atoms with Crippen LogP contribution in [-0.4, -0.2) is 28.9 Å². The van der Waals surface area contributed by atoms with Crippen molar-refractivity contribution in [3.63, 3.8) is 0 Å². The third-order valence-electron chi connectivity index (χ3n) is 4.36. The number of anilines is 4. The highest BCUT2D eigenvalue weighted by atomic mass is 32.2. The van der Waals surface area contributed by atoms with Crippen molar-refractivity contribution in [1.29, 1.82) is 0 Å². The van der Waals surface area contributed by atoms with Crippen LogP contribution in [0, 0.1) is 6.92 Å². The van der Waals surface area contributed by atoms with Gasteiger partial charge in [0.25, 0.3) is 9.84 Å². The summed E-state index contributed by atoms with van der Waals surface area (Å²) in [5.74, 6) is -0.180. The molecule has 0 aliphatic carbocycles. The van der Waals surface area contributed by atoms with Gasteiger partial charge in [0.15, 0.2) is 5.58 Å². The van der Waals surface area contributed by atoms with E-state index in [0.29, 0.717) is 28.2 Å². The zero-order valence-corrected chi connectivity index (χ0v) is 17.0. The average Bonchev–Trinajstić information content (AvgIpc) is 3.09. The van der Waals surface area contributed by atoms with Gasteiger partial charge in [-0.2, -0.15) is 18.2 Å². The Kier molecular flexibility index (Phi) is 5.12. The fourth-order valence-corrected chi connectivity index (χ4v) is 3.61. The second kappa shape index (κ2) is 7.67. The zero-order valence-electron chi connectivity index (χ0n) is 16.2. The monoisotopic (exact) mass is 465 g/mol. The number of hydrogen-bond donors (Lipinski definition) is 3. The van der Waals surface area contributed by atoms with E-state index in [-0.39, 0.29) is 11.6 Å². The molecule has 0 bridgehead atoms. The van der Waals surface area contributed by atoms with Crippen molar-refractivity contribution in [3.8, 4) is 0 Å². The first-order valence-electron chi connectivity index (χ1n) is 8.95. The summed E-state index contributed by atoms with van der Waals surface area (Å²) in [5.41, 5.74) is -3.25. The molecule has 0 aliphatic rings. The second-order valence-corrected chi connectivity index (χ2v) is 8.62. The van der Waals surface area contributed by atoms with Crippen LogP contribution in [0.25, 0.3) is 11.1 Å². The highest BCUT2D eigenvalue weighted by Crippen LogP contribution is 2.32. The molecular weight excluding hydrogens is 451 g/mol. The van der Waals surface area contributed by atoms with Crippen molar-refractivity contribution in [2.75, 3.05) is 10.6 Å². The van der Waals surface area contributed by atoms with Crippen LogP contribution in [0.4, 0.5) is 36.3 Å². The van der Waals surface area contributed by atoms with Gasteiger partial charge in [-0.1, -0.05) is 6.07 Å². The maximum Gasteiger partial charge on any atom is 0.501 e. The molecule has 2 aromatic heterocycles. The molecule has 0 saturated carbocycles. The number of rotatable bonds is 5. The lowest BCUT2D eigenvalue weighted by molar-refractivity contribution is -0.0435. The smallest absolute Gasteiger partial charge is 0.408 e. The normalized spacial score (nSPS) is 12.1. The Balaban J connectivity index is 1.60. The number of hydrogen-bond acceptors (Lipinski definition) is 8. The minimum atomic E-state index is -5.49. The van der Waals surface area contributed by atoms with Crippen LogP contribution >= 0.6 is 0 Å². The highest BCUT2D eigenvalue weighted by molar-refractivity contribution is 7.92. The van der Waals surface area contributed by atoms with Crippen molar-refractivity contribution >= 4 is 44.1 Å². The van der Waals surface area contributed by atoms with Gasteiger partial charge in [-0.25, -0.2) is 18.2 Å². The van der Waals surface area contributed by atoms with Crippen LogP contribution in [-0.2, 0) is 9.84 Å². The Morgan fingerprint density at radius 2 is 1.81 bits per heavy atom. The number of aromatic amines is 1. The summed E-state index contributed by atoms with van der Waals surface area (Å²) < 4.78 is 66.7. The van der Waals surface area contributed by atoms with Crippen LogP contribution in [0.1, 0.15) is 5.56 Å². The van der Waals surface area contributed by atoms with Crippen molar-refractivity contribution < 1.29 is 26.0 Å². The van der Waals surface area contributed by atoms with E-state index >= 15 is 0 Å². The summed E-state index contributed by atoms with van der Waals surface area (Å²) in [4.78, 5) is 21.3. The first kappa shape index (κ1) is 21.4. The molecule has 9 nitrogen and oxygen atoms in total. The lowest BCUT2D eigenvalue weighted by atomic mass is 10.2. The average molecular weight is 465 g/mol. The first-order chi connectivity index (χ1) is 15.0. The Morgan fingerprint density at radius 3 is 2.56 bits per heavy atom. The van der Waals surface area contributed by atoms with Crippen molar-refractivity contribution in [2.45, 2.75) is 17.3 Å². The van der Waals surface area contributed by atoms with Gasteiger partial charge in [0.2, 0.25) is 5.95 Å². The number of benzene rings is 2. The summed E-state index contributed by atoms with van der Waals surface area (Å²) >= 11 is 0. The molecule has 4 rings (SSSR count). The number of aromatic nitrogens is 3. The van der Waals surface area contributed by atoms with E-state index in [4.69, 9.17) is 4.42 Å². The maximum absolute atomic E-state index is 12.8. The van der Waals surface area contributed by atoms with Crippen molar-refractivity contribution in [2.24, 2.45) is 0 Å². The number of alkyl halides is 3. The maximum atomic E-state index is 12.8. The molecule has 0 atom stereocenters. The number of fused-ring (bicyclic) bond motifs is 1. The molecule has 2 heterocycles. The molecule has 0 saturated heterocycles. The lowest BCUT2D eigenvalue weighted by Gasteiger charge is -2.12. The molecule has 166 valence electrons. The predicted octanol–water partition coefficient (Wildman–Crippen LogP) is 4.00. The molecule has 0 fully saturated rings. The molecule has 2 aromatic carbocycles. The third kappa shape index (κ3) is 4.14. The van der Waals surface area contributed by atoms with Crippen LogP contribution in [0.3, 0.4) is 0 Å². The van der Waals surface area contributed by atoms with E-state index in [1.165, 1.54) is 18.3 Å². The Bertz CT molecular complexity index is 1480. The van der Waals surface area contributed by atoms with E-state index in [2.05, 4.69) is 25.6 Å². The number of aryl methyl sites for hydroxylation is 1. The number of oxazole rings is 1. The van der Waals surface area contributed by atoms with E-state index in [1.54, 1.807) is 25.1 Å². The third-order valence-corrected chi connectivity index (χ3v) is 5.84. The largest absolute Gasteiger partial charge is 0.501 e. The quantitative estimate of drug-likeness (QED) is 0.403. The number of H-pyrrole nitrogens is 1. The minimum absolute atomic E-state index is 0.0254. The Morgan fingerprint density at radius 1 is 1.06 bits per heavy atom. The van der Waals surface area contributed by atoms with E-state index in [9.17, 15) is 26.4 Å². The summed E-state index contributed by atoms with van der Waals surface area (Å²) in [5, 5.41) is 5.75. The lowest BCUT2D eigenvalue weighted by Crippen LogP contribution is -2.23. The predicted molar refractivity (Wildman–Crippen MR) is 110 cm³/mol. The van der Waals surface area contributed by atoms with E-state index < -0.39 is 26.0 Å². The highest BCUT2D eigenvalue weighted by Gasteiger charge is 2.46. The van der Waals surface area contributed by atoms with Gasteiger partial charge in [-0.15, -0.1) is 0 Å². The van der Waals surface area contributed by atoms with Gasteiger partial charge in [0.1, 0.15) is 5.82 Å². The van der Waals surface area contributed by atoms with E-state index in [0.717, 1.165) is 12.1 Å². The molecule has 3 N–H and O–H groups in total. The van der Waals surface area contributed by atoms with Crippen LogP contribution in [0.5, 0.6) is 0 Å². The van der Waals surface area contributed by atoms with E-state index in [1.807, 2.05) is 0 Å². The Labute approximate surface area is 178 Å².